The molecule has 0 bridgehead atoms. The number of hydrogen-bond acceptors (Lipinski definition) is 4. The Labute approximate surface area is 145 Å². The van der Waals surface area contributed by atoms with Crippen molar-refractivity contribution in [3.8, 4) is 0 Å². The van der Waals surface area contributed by atoms with E-state index in [1.807, 2.05) is 37.4 Å². The van der Waals surface area contributed by atoms with Crippen molar-refractivity contribution in [2.75, 3.05) is 6.54 Å². The van der Waals surface area contributed by atoms with Crippen LogP contribution in [0.15, 0.2) is 29.8 Å². The molecule has 1 unspecified atom stereocenters. The third-order valence-corrected chi connectivity index (χ3v) is 4.93. The summed E-state index contributed by atoms with van der Waals surface area (Å²) in [5.74, 6) is 0.291. The lowest BCUT2D eigenvalue weighted by molar-refractivity contribution is -0.136. The Balaban J connectivity index is 1.71. The highest BCUT2D eigenvalue weighted by Crippen LogP contribution is 2.22. The molecular weight excluding hydrogens is 324 g/mol. The van der Waals surface area contributed by atoms with E-state index in [1.54, 1.807) is 27.1 Å². The first-order valence-electron chi connectivity index (χ1n) is 8.15. The van der Waals surface area contributed by atoms with Gasteiger partial charge in [-0.05, 0) is 23.4 Å². The summed E-state index contributed by atoms with van der Waals surface area (Å²) in [6, 6.07) is 5.35. The Hall–Kier alpha value is -2.15. The Morgan fingerprint density at radius 3 is 2.96 bits per heavy atom. The first-order valence-corrected chi connectivity index (χ1v) is 9.03. The largest absolute Gasteiger partial charge is 0.349 e. The lowest BCUT2D eigenvalue weighted by Crippen LogP contribution is -2.47. The maximum Gasteiger partial charge on any atom is 0.247 e. The van der Waals surface area contributed by atoms with Crippen molar-refractivity contribution in [2.24, 2.45) is 5.92 Å². The van der Waals surface area contributed by atoms with Crippen LogP contribution in [-0.4, -0.2) is 33.0 Å². The van der Waals surface area contributed by atoms with Gasteiger partial charge in [-0.25, -0.2) is 0 Å². The molecule has 0 radical (unpaired) electrons. The van der Waals surface area contributed by atoms with Crippen LogP contribution >= 0.6 is 11.3 Å². The second-order valence-corrected chi connectivity index (χ2v) is 7.48. The van der Waals surface area contributed by atoms with E-state index in [1.165, 1.54) is 0 Å². The van der Waals surface area contributed by atoms with E-state index >= 15 is 0 Å². The average Bonchev–Trinajstić information content (AvgIpc) is 3.21. The van der Waals surface area contributed by atoms with Crippen LogP contribution in [0.25, 0.3) is 0 Å². The summed E-state index contributed by atoms with van der Waals surface area (Å²) >= 11 is 1.61. The molecule has 2 amide bonds. The molecule has 7 heteroatoms. The summed E-state index contributed by atoms with van der Waals surface area (Å²) < 4.78 is 1.74. The maximum atomic E-state index is 12.6. The highest BCUT2D eigenvalue weighted by atomic mass is 32.1. The standard InChI is InChI=1S/C17H22N4O2S/c1-12(2)8-16(22)20-10-13-5-6-19-21(13)15(11-20)17(23)18-9-14-4-3-7-24-14/h3-7,12,15H,8-11H2,1-2H3,(H,18,23). The molecule has 0 saturated heterocycles. The molecule has 1 N–H and O–H groups in total. The van der Waals surface area contributed by atoms with Gasteiger partial charge >= 0.3 is 0 Å². The van der Waals surface area contributed by atoms with Crippen molar-refractivity contribution >= 4 is 23.2 Å². The van der Waals surface area contributed by atoms with Gasteiger partial charge in [0, 0.05) is 17.5 Å². The van der Waals surface area contributed by atoms with Gasteiger partial charge in [0.1, 0.15) is 6.04 Å². The normalized spacial score (nSPS) is 17.0. The lowest BCUT2D eigenvalue weighted by Gasteiger charge is -2.33. The third-order valence-electron chi connectivity index (χ3n) is 4.05. The first kappa shape index (κ1) is 16.7. The zero-order chi connectivity index (χ0) is 17.1. The van der Waals surface area contributed by atoms with E-state index in [-0.39, 0.29) is 11.8 Å². The second-order valence-electron chi connectivity index (χ2n) is 6.45. The summed E-state index contributed by atoms with van der Waals surface area (Å²) in [4.78, 5) is 27.9. The smallest absolute Gasteiger partial charge is 0.247 e. The fourth-order valence-electron chi connectivity index (χ4n) is 2.86. The van der Waals surface area contributed by atoms with Gasteiger partial charge in [0.25, 0.3) is 0 Å². The van der Waals surface area contributed by atoms with Crippen molar-refractivity contribution in [3.05, 3.63) is 40.3 Å². The maximum absolute atomic E-state index is 12.6. The van der Waals surface area contributed by atoms with Gasteiger partial charge in [0.05, 0.1) is 25.3 Å². The number of nitrogens with one attached hydrogen (secondary N) is 1. The topological polar surface area (TPSA) is 67.2 Å². The van der Waals surface area contributed by atoms with E-state index < -0.39 is 6.04 Å². The number of nitrogens with zero attached hydrogens (tertiary/aromatic N) is 3. The molecule has 0 fully saturated rings. The van der Waals surface area contributed by atoms with Gasteiger partial charge in [-0.1, -0.05) is 19.9 Å². The molecule has 128 valence electrons. The van der Waals surface area contributed by atoms with E-state index in [2.05, 4.69) is 10.4 Å². The Morgan fingerprint density at radius 2 is 2.25 bits per heavy atom. The fraction of sp³-hybridized carbons (Fsp3) is 0.471. The quantitative estimate of drug-likeness (QED) is 0.902. The molecule has 0 aliphatic carbocycles. The van der Waals surface area contributed by atoms with Gasteiger partial charge in [-0.2, -0.15) is 5.10 Å². The summed E-state index contributed by atoms with van der Waals surface area (Å²) in [6.07, 6.45) is 2.18. The third kappa shape index (κ3) is 3.67. The molecule has 3 heterocycles. The Bertz CT molecular complexity index is 708. The van der Waals surface area contributed by atoms with Crippen LogP contribution in [0.1, 0.15) is 36.9 Å². The van der Waals surface area contributed by atoms with Crippen molar-refractivity contribution in [1.29, 1.82) is 0 Å². The molecular formula is C17H22N4O2S. The minimum absolute atomic E-state index is 0.0912. The predicted octanol–water partition coefficient (Wildman–Crippen LogP) is 2.19. The SMILES string of the molecule is CC(C)CC(=O)N1Cc2ccnn2C(C(=O)NCc2cccs2)C1. The highest BCUT2D eigenvalue weighted by molar-refractivity contribution is 7.09. The number of thiophene rings is 1. The zero-order valence-corrected chi connectivity index (χ0v) is 14.8. The fourth-order valence-corrected chi connectivity index (χ4v) is 3.51. The van der Waals surface area contributed by atoms with Crippen LogP contribution in [0.4, 0.5) is 0 Å². The van der Waals surface area contributed by atoms with Gasteiger partial charge in [0.15, 0.2) is 0 Å². The molecule has 3 rings (SSSR count). The highest BCUT2D eigenvalue weighted by Gasteiger charge is 2.32. The summed E-state index contributed by atoms with van der Waals surface area (Å²) in [7, 11) is 0. The summed E-state index contributed by atoms with van der Waals surface area (Å²) in [6.45, 7) is 5.44. The van der Waals surface area contributed by atoms with Crippen LogP contribution in [0.3, 0.4) is 0 Å². The molecule has 2 aromatic rings. The Morgan fingerprint density at radius 1 is 1.42 bits per heavy atom. The number of carbonyl (C=O) groups is 2. The average molecular weight is 346 g/mol. The molecule has 1 aliphatic rings. The number of aromatic nitrogens is 2. The van der Waals surface area contributed by atoms with E-state index in [0.717, 1.165) is 10.6 Å². The number of carbonyl (C=O) groups excluding carboxylic acids is 2. The zero-order valence-electron chi connectivity index (χ0n) is 13.9. The van der Waals surface area contributed by atoms with Gasteiger partial charge < -0.3 is 10.2 Å². The number of amides is 2. The van der Waals surface area contributed by atoms with Crippen LogP contribution in [0.2, 0.25) is 0 Å². The minimum Gasteiger partial charge on any atom is -0.349 e. The summed E-state index contributed by atoms with van der Waals surface area (Å²) in [5, 5.41) is 9.22. The van der Waals surface area contributed by atoms with Crippen molar-refractivity contribution < 1.29 is 9.59 Å². The van der Waals surface area contributed by atoms with Crippen LogP contribution in [0, 0.1) is 5.92 Å². The molecule has 0 saturated carbocycles. The lowest BCUT2D eigenvalue weighted by atomic mass is 10.1. The van der Waals surface area contributed by atoms with Gasteiger partial charge in [-0.3, -0.25) is 14.3 Å². The predicted molar refractivity (Wildman–Crippen MR) is 92.3 cm³/mol. The van der Waals surface area contributed by atoms with Crippen molar-refractivity contribution in [1.82, 2.24) is 20.0 Å². The first-order chi connectivity index (χ1) is 11.5. The molecule has 2 aromatic heterocycles. The van der Waals surface area contributed by atoms with Crippen LogP contribution < -0.4 is 5.32 Å². The molecule has 0 spiro atoms. The molecule has 1 atom stereocenters. The van der Waals surface area contributed by atoms with Crippen LogP contribution in [0.5, 0.6) is 0 Å². The summed E-state index contributed by atoms with van der Waals surface area (Å²) in [5.41, 5.74) is 0.898. The molecule has 0 aromatic carbocycles. The number of hydrogen-bond donors (Lipinski definition) is 1. The Kier molecular flexibility index (Phi) is 4.99. The number of fused-ring (bicyclic) bond motifs is 1. The van der Waals surface area contributed by atoms with Crippen molar-refractivity contribution in [2.45, 2.75) is 39.4 Å². The molecule has 1 aliphatic heterocycles. The van der Waals surface area contributed by atoms with Crippen LogP contribution in [-0.2, 0) is 22.7 Å². The second kappa shape index (κ2) is 7.17. The monoisotopic (exact) mass is 346 g/mol. The van der Waals surface area contributed by atoms with Gasteiger partial charge in [0.2, 0.25) is 11.8 Å². The minimum atomic E-state index is -0.472. The number of rotatable bonds is 5. The van der Waals surface area contributed by atoms with Gasteiger partial charge in [-0.15, -0.1) is 11.3 Å². The molecule has 6 nitrogen and oxygen atoms in total. The van der Waals surface area contributed by atoms with Crippen molar-refractivity contribution in [3.63, 3.8) is 0 Å². The van der Waals surface area contributed by atoms with E-state index in [9.17, 15) is 9.59 Å². The van der Waals surface area contributed by atoms with E-state index in [0.29, 0.717) is 32.0 Å². The van der Waals surface area contributed by atoms with E-state index in [4.69, 9.17) is 0 Å². The molecule has 24 heavy (non-hydrogen) atoms.